The molecule has 110 valence electrons. The molecule has 3 rings (SSSR count). The minimum absolute atomic E-state index is 0.0134. The van der Waals surface area contributed by atoms with Crippen molar-refractivity contribution in [1.82, 2.24) is 4.90 Å². The quantitative estimate of drug-likeness (QED) is 0.902. The van der Waals surface area contributed by atoms with Gasteiger partial charge in [0, 0.05) is 6.54 Å². The fraction of sp³-hybridized carbons (Fsp3) is 0.538. The summed E-state index contributed by atoms with van der Waals surface area (Å²) in [5.41, 5.74) is 0.889. The number of sulfonamides is 1. The van der Waals surface area contributed by atoms with Gasteiger partial charge in [-0.3, -0.25) is 4.90 Å². The Balaban J connectivity index is 1.92. The smallest absolute Gasteiger partial charge is 0.241 e. The van der Waals surface area contributed by atoms with Crippen LogP contribution < -0.4 is 14.6 Å². The van der Waals surface area contributed by atoms with Gasteiger partial charge in [-0.2, -0.15) is 0 Å². The van der Waals surface area contributed by atoms with Gasteiger partial charge in [0.25, 0.3) is 0 Å². The Morgan fingerprint density at radius 3 is 2.60 bits per heavy atom. The van der Waals surface area contributed by atoms with Crippen LogP contribution in [0.1, 0.15) is 24.8 Å². The molecule has 2 N–H and O–H groups in total. The van der Waals surface area contributed by atoms with Crippen LogP contribution in [0.2, 0.25) is 0 Å². The zero-order valence-corrected chi connectivity index (χ0v) is 12.0. The largest absolute Gasteiger partial charge is 0.454 e. The minimum Gasteiger partial charge on any atom is -0.454 e. The molecule has 1 aromatic carbocycles. The Morgan fingerprint density at radius 1 is 1.15 bits per heavy atom. The van der Waals surface area contributed by atoms with E-state index in [0.717, 1.165) is 18.7 Å². The molecule has 6 nitrogen and oxygen atoms in total. The van der Waals surface area contributed by atoms with Crippen LogP contribution in [0.15, 0.2) is 17.0 Å². The average Bonchev–Trinajstić information content (AvgIpc) is 2.86. The number of fused-ring (bicyclic) bond motifs is 1. The van der Waals surface area contributed by atoms with Gasteiger partial charge in [-0.25, -0.2) is 13.6 Å². The van der Waals surface area contributed by atoms with E-state index in [9.17, 15) is 8.42 Å². The predicted octanol–water partition coefficient (Wildman–Crippen LogP) is 1.05. The van der Waals surface area contributed by atoms with Crippen molar-refractivity contribution in [1.29, 1.82) is 0 Å². The predicted molar refractivity (Wildman–Crippen MR) is 73.1 cm³/mol. The highest BCUT2D eigenvalue weighted by molar-refractivity contribution is 7.89. The van der Waals surface area contributed by atoms with E-state index in [-0.39, 0.29) is 17.4 Å². The van der Waals surface area contributed by atoms with Gasteiger partial charge in [0.1, 0.15) is 4.90 Å². The van der Waals surface area contributed by atoms with Gasteiger partial charge < -0.3 is 9.47 Å². The molecule has 0 bridgehead atoms. The molecular weight excluding hydrogens is 280 g/mol. The number of ether oxygens (including phenoxy) is 2. The summed E-state index contributed by atoms with van der Waals surface area (Å²) in [6.45, 7) is 2.82. The number of piperidine rings is 1. The minimum atomic E-state index is -3.81. The maximum Gasteiger partial charge on any atom is 0.241 e. The molecule has 0 aromatic heterocycles. The van der Waals surface area contributed by atoms with Crippen LogP contribution in [0.5, 0.6) is 11.5 Å². The van der Waals surface area contributed by atoms with Crippen molar-refractivity contribution >= 4 is 10.0 Å². The second-order valence-electron chi connectivity index (χ2n) is 5.21. The normalized spacial score (nSPS) is 19.2. The highest BCUT2D eigenvalue weighted by Crippen LogP contribution is 2.39. The van der Waals surface area contributed by atoms with Gasteiger partial charge in [0.2, 0.25) is 16.8 Å². The van der Waals surface area contributed by atoms with Gasteiger partial charge in [-0.1, -0.05) is 6.42 Å². The van der Waals surface area contributed by atoms with Gasteiger partial charge in [0.05, 0.1) is 0 Å². The third kappa shape index (κ3) is 2.74. The zero-order chi connectivity index (χ0) is 14.2. The Labute approximate surface area is 118 Å². The standard InChI is InChI=1S/C13H18N2O4S/c14-20(16,17)12-7-10(6-11-13(12)19-9-18-11)8-15-4-2-1-3-5-15/h6-7H,1-5,8-9H2,(H2,14,16,17). The second kappa shape index (κ2) is 5.23. The second-order valence-corrected chi connectivity index (χ2v) is 6.74. The molecule has 0 spiro atoms. The van der Waals surface area contributed by atoms with Gasteiger partial charge in [0.15, 0.2) is 11.5 Å². The summed E-state index contributed by atoms with van der Waals surface area (Å²) < 4.78 is 33.8. The number of hydrogen-bond donors (Lipinski definition) is 1. The maximum atomic E-state index is 11.7. The zero-order valence-electron chi connectivity index (χ0n) is 11.2. The third-order valence-corrected chi connectivity index (χ3v) is 4.58. The lowest BCUT2D eigenvalue weighted by Gasteiger charge is -2.26. The number of nitrogens with zero attached hydrogens (tertiary/aromatic N) is 1. The van der Waals surface area contributed by atoms with Gasteiger partial charge >= 0.3 is 0 Å². The maximum absolute atomic E-state index is 11.7. The Hall–Kier alpha value is -1.31. The van der Waals surface area contributed by atoms with E-state index >= 15 is 0 Å². The molecule has 2 aliphatic rings. The number of benzene rings is 1. The van der Waals surface area contributed by atoms with Crippen molar-refractivity contribution in [3.8, 4) is 11.5 Å². The number of nitrogens with two attached hydrogens (primary N) is 1. The third-order valence-electron chi connectivity index (χ3n) is 3.66. The molecule has 0 saturated carbocycles. The number of primary sulfonamides is 1. The Morgan fingerprint density at radius 2 is 1.90 bits per heavy atom. The summed E-state index contributed by atoms with van der Waals surface area (Å²) in [6.07, 6.45) is 3.64. The molecule has 0 radical (unpaired) electrons. The molecule has 1 fully saturated rings. The summed E-state index contributed by atoms with van der Waals surface area (Å²) in [5.74, 6) is 0.693. The fourth-order valence-electron chi connectivity index (χ4n) is 2.71. The topological polar surface area (TPSA) is 81.9 Å². The van der Waals surface area contributed by atoms with Crippen molar-refractivity contribution in [2.24, 2.45) is 5.14 Å². The van der Waals surface area contributed by atoms with E-state index in [1.54, 1.807) is 6.07 Å². The Bertz CT molecular complexity index is 609. The lowest BCUT2D eigenvalue weighted by molar-refractivity contribution is 0.172. The summed E-state index contributed by atoms with van der Waals surface area (Å²) in [5, 5.41) is 5.25. The molecule has 0 amide bonds. The van der Waals surface area contributed by atoms with Crippen LogP contribution in [-0.2, 0) is 16.6 Å². The first-order valence-corrected chi connectivity index (χ1v) is 8.26. The number of likely N-dealkylation sites (tertiary alicyclic amines) is 1. The number of hydrogen-bond acceptors (Lipinski definition) is 5. The van der Waals surface area contributed by atoms with E-state index in [4.69, 9.17) is 14.6 Å². The average molecular weight is 298 g/mol. The summed E-state index contributed by atoms with van der Waals surface area (Å²) in [4.78, 5) is 2.33. The molecule has 1 saturated heterocycles. The Kier molecular flexibility index (Phi) is 3.57. The lowest BCUT2D eigenvalue weighted by Crippen LogP contribution is -2.29. The van der Waals surface area contributed by atoms with E-state index in [0.29, 0.717) is 12.3 Å². The summed E-state index contributed by atoms with van der Waals surface area (Å²) >= 11 is 0. The van der Waals surface area contributed by atoms with Gasteiger partial charge in [-0.15, -0.1) is 0 Å². The van der Waals surface area contributed by atoms with E-state index in [2.05, 4.69) is 4.90 Å². The van der Waals surface area contributed by atoms with Crippen molar-refractivity contribution < 1.29 is 17.9 Å². The van der Waals surface area contributed by atoms with Crippen molar-refractivity contribution in [3.05, 3.63) is 17.7 Å². The van der Waals surface area contributed by atoms with Crippen molar-refractivity contribution in [2.45, 2.75) is 30.7 Å². The van der Waals surface area contributed by atoms with Crippen LogP contribution in [0, 0.1) is 0 Å². The molecular formula is C13H18N2O4S. The lowest BCUT2D eigenvalue weighted by atomic mass is 10.1. The molecule has 7 heteroatoms. The fourth-order valence-corrected chi connectivity index (χ4v) is 3.44. The molecule has 0 atom stereocenters. The monoisotopic (exact) mass is 298 g/mol. The van der Waals surface area contributed by atoms with Crippen LogP contribution in [0.4, 0.5) is 0 Å². The highest BCUT2D eigenvalue weighted by Gasteiger charge is 2.26. The van der Waals surface area contributed by atoms with E-state index < -0.39 is 10.0 Å². The SMILES string of the molecule is NS(=O)(=O)c1cc(CN2CCCCC2)cc2c1OCO2. The first-order chi connectivity index (χ1) is 9.54. The van der Waals surface area contributed by atoms with E-state index in [1.807, 2.05) is 6.07 Å². The molecule has 1 aromatic rings. The van der Waals surface area contributed by atoms with Crippen LogP contribution in [0.3, 0.4) is 0 Å². The molecule has 0 aliphatic carbocycles. The van der Waals surface area contributed by atoms with Crippen LogP contribution in [0.25, 0.3) is 0 Å². The number of rotatable bonds is 3. The summed E-state index contributed by atoms with van der Waals surface area (Å²) in [6, 6.07) is 3.43. The summed E-state index contributed by atoms with van der Waals surface area (Å²) in [7, 11) is -3.81. The molecule has 2 heterocycles. The van der Waals surface area contributed by atoms with Crippen molar-refractivity contribution in [2.75, 3.05) is 19.9 Å². The molecule has 20 heavy (non-hydrogen) atoms. The first-order valence-electron chi connectivity index (χ1n) is 6.72. The van der Waals surface area contributed by atoms with Crippen LogP contribution in [-0.4, -0.2) is 33.2 Å². The highest BCUT2D eigenvalue weighted by atomic mass is 32.2. The van der Waals surface area contributed by atoms with Crippen molar-refractivity contribution in [3.63, 3.8) is 0 Å². The van der Waals surface area contributed by atoms with Gasteiger partial charge in [-0.05, 0) is 43.6 Å². The van der Waals surface area contributed by atoms with E-state index in [1.165, 1.54) is 19.3 Å². The van der Waals surface area contributed by atoms with Crippen LogP contribution >= 0.6 is 0 Å². The molecule has 2 aliphatic heterocycles. The molecule has 0 unspecified atom stereocenters. The first kappa shape index (κ1) is 13.7.